The summed E-state index contributed by atoms with van der Waals surface area (Å²) in [5.41, 5.74) is 0.313. The minimum Gasteiger partial charge on any atom is -0.329 e. The summed E-state index contributed by atoms with van der Waals surface area (Å²) in [4.78, 5) is 17.5. The fraction of sp³-hybridized carbons (Fsp3) is 0.333. The van der Waals surface area contributed by atoms with Crippen LogP contribution in [0, 0.1) is 0 Å². The van der Waals surface area contributed by atoms with Crippen LogP contribution >= 0.6 is 11.6 Å². The third-order valence-electron chi connectivity index (χ3n) is 3.27. The van der Waals surface area contributed by atoms with Gasteiger partial charge in [0.25, 0.3) is 5.91 Å². The average Bonchev–Trinajstić information content (AvgIpc) is 2.90. The van der Waals surface area contributed by atoms with Gasteiger partial charge < -0.3 is 9.47 Å². The molecule has 10 heteroatoms. The number of amides is 1. The summed E-state index contributed by atoms with van der Waals surface area (Å²) in [7, 11) is 0. The SMILES string of the molecule is O=C(c1ccc(Cl)nc1)N1CCn2c(nnc2C(F)(F)F)C1. The number of hydrogen-bond acceptors (Lipinski definition) is 4. The molecule has 0 radical (unpaired) electrons. The van der Waals surface area contributed by atoms with E-state index in [0.717, 1.165) is 4.57 Å². The number of aromatic nitrogens is 4. The number of nitrogens with zero attached hydrogens (tertiary/aromatic N) is 5. The van der Waals surface area contributed by atoms with Gasteiger partial charge in [-0.3, -0.25) is 4.79 Å². The van der Waals surface area contributed by atoms with Crippen LogP contribution in [0.3, 0.4) is 0 Å². The number of rotatable bonds is 1. The average molecular weight is 332 g/mol. The number of carbonyl (C=O) groups excluding carboxylic acids is 1. The van der Waals surface area contributed by atoms with E-state index in [4.69, 9.17) is 11.6 Å². The van der Waals surface area contributed by atoms with Gasteiger partial charge in [0.1, 0.15) is 5.15 Å². The zero-order chi connectivity index (χ0) is 15.9. The van der Waals surface area contributed by atoms with Crippen LogP contribution in [-0.4, -0.2) is 37.1 Å². The molecule has 2 aromatic rings. The normalized spacial score (nSPS) is 14.8. The van der Waals surface area contributed by atoms with Crippen molar-refractivity contribution in [3.63, 3.8) is 0 Å². The van der Waals surface area contributed by atoms with E-state index in [0.29, 0.717) is 5.56 Å². The minimum absolute atomic E-state index is 0.00999. The lowest BCUT2D eigenvalue weighted by atomic mass is 10.2. The molecule has 116 valence electrons. The maximum absolute atomic E-state index is 12.7. The van der Waals surface area contributed by atoms with Crippen molar-refractivity contribution in [2.75, 3.05) is 6.54 Å². The van der Waals surface area contributed by atoms with E-state index < -0.39 is 12.0 Å². The van der Waals surface area contributed by atoms with Crippen molar-refractivity contribution in [2.24, 2.45) is 0 Å². The van der Waals surface area contributed by atoms with Crippen LogP contribution in [0.15, 0.2) is 18.3 Å². The lowest BCUT2D eigenvalue weighted by molar-refractivity contribution is -0.147. The van der Waals surface area contributed by atoms with E-state index >= 15 is 0 Å². The van der Waals surface area contributed by atoms with E-state index in [1.54, 1.807) is 0 Å². The Balaban J connectivity index is 1.81. The topological polar surface area (TPSA) is 63.9 Å². The number of halogens is 4. The highest BCUT2D eigenvalue weighted by atomic mass is 35.5. The smallest absolute Gasteiger partial charge is 0.329 e. The Labute approximate surface area is 127 Å². The van der Waals surface area contributed by atoms with Gasteiger partial charge in [-0.25, -0.2) is 4.98 Å². The molecule has 22 heavy (non-hydrogen) atoms. The molecule has 0 atom stereocenters. The van der Waals surface area contributed by atoms with Crippen LogP contribution in [0.25, 0.3) is 0 Å². The van der Waals surface area contributed by atoms with Gasteiger partial charge in [-0.1, -0.05) is 11.6 Å². The van der Waals surface area contributed by atoms with Crippen molar-refractivity contribution in [2.45, 2.75) is 19.3 Å². The molecule has 6 nitrogen and oxygen atoms in total. The Hall–Kier alpha value is -2.16. The Morgan fingerprint density at radius 2 is 2.00 bits per heavy atom. The van der Waals surface area contributed by atoms with Gasteiger partial charge in [0, 0.05) is 19.3 Å². The van der Waals surface area contributed by atoms with Crippen molar-refractivity contribution < 1.29 is 18.0 Å². The zero-order valence-electron chi connectivity index (χ0n) is 11.0. The molecule has 1 amide bonds. The highest BCUT2D eigenvalue weighted by Crippen LogP contribution is 2.29. The van der Waals surface area contributed by atoms with Crippen LogP contribution in [0.1, 0.15) is 22.0 Å². The highest BCUT2D eigenvalue weighted by molar-refractivity contribution is 6.29. The monoisotopic (exact) mass is 331 g/mol. The summed E-state index contributed by atoms with van der Waals surface area (Å²) >= 11 is 5.65. The van der Waals surface area contributed by atoms with Crippen LogP contribution < -0.4 is 0 Å². The molecule has 0 N–H and O–H groups in total. The van der Waals surface area contributed by atoms with Crippen molar-refractivity contribution >= 4 is 17.5 Å². The van der Waals surface area contributed by atoms with Gasteiger partial charge >= 0.3 is 6.18 Å². The number of hydrogen-bond donors (Lipinski definition) is 0. The molecule has 0 saturated heterocycles. The molecule has 0 unspecified atom stereocenters. The molecule has 3 heterocycles. The quantitative estimate of drug-likeness (QED) is 0.750. The fourth-order valence-corrected chi connectivity index (χ4v) is 2.34. The third kappa shape index (κ3) is 2.63. The van der Waals surface area contributed by atoms with Crippen molar-refractivity contribution in [3.05, 3.63) is 40.7 Å². The minimum atomic E-state index is -4.56. The largest absolute Gasteiger partial charge is 0.451 e. The second-order valence-electron chi connectivity index (χ2n) is 4.69. The molecule has 2 aromatic heterocycles. The second-order valence-corrected chi connectivity index (χ2v) is 5.07. The first kappa shape index (κ1) is 14.8. The summed E-state index contributed by atoms with van der Waals surface area (Å²) < 4.78 is 39.2. The molecule has 3 rings (SSSR count). The molecule has 0 saturated carbocycles. The first-order valence-electron chi connectivity index (χ1n) is 6.26. The van der Waals surface area contributed by atoms with Gasteiger partial charge in [0.2, 0.25) is 5.82 Å². The first-order valence-corrected chi connectivity index (χ1v) is 6.64. The van der Waals surface area contributed by atoms with E-state index in [1.165, 1.54) is 23.2 Å². The number of pyridine rings is 1. The van der Waals surface area contributed by atoms with Crippen LogP contribution in [0.4, 0.5) is 13.2 Å². The predicted octanol–water partition coefficient (Wildman–Crippen LogP) is 2.00. The lowest BCUT2D eigenvalue weighted by Crippen LogP contribution is -2.39. The van der Waals surface area contributed by atoms with E-state index in [1.807, 2.05) is 0 Å². The van der Waals surface area contributed by atoms with Gasteiger partial charge in [0.15, 0.2) is 5.82 Å². The first-order chi connectivity index (χ1) is 10.4. The second kappa shape index (κ2) is 5.24. The molecule has 0 fully saturated rings. The van der Waals surface area contributed by atoms with E-state index in [2.05, 4.69) is 15.2 Å². The van der Waals surface area contributed by atoms with Crippen LogP contribution in [0.5, 0.6) is 0 Å². The maximum atomic E-state index is 12.7. The predicted molar refractivity (Wildman–Crippen MR) is 69.0 cm³/mol. The van der Waals surface area contributed by atoms with Crippen LogP contribution in [0.2, 0.25) is 5.15 Å². The highest BCUT2D eigenvalue weighted by Gasteiger charge is 2.39. The fourth-order valence-electron chi connectivity index (χ4n) is 2.23. The maximum Gasteiger partial charge on any atom is 0.451 e. The van der Waals surface area contributed by atoms with Crippen molar-refractivity contribution in [3.8, 4) is 0 Å². The zero-order valence-corrected chi connectivity index (χ0v) is 11.8. The van der Waals surface area contributed by atoms with Crippen molar-refractivity contribution in [1.29, 1.82) is 0 Å². The number of alkyl halides is 3. The molecule has 0 aliphatic carbocycles. The lowest BCUT2D eigenvalue weighted by Gasteiger charge is -2.28. The molecule has 0 spiro atoms. The number of fused-ring (bicyclic) bond motifs is 1. The van der Waals surface area contributed by atoms with Gasteiger partial charge in [-0.2, -0.15) is 13.2 Å². The summed E-state index contributed by atoms with van der Waals surface area (Å²) in [6.45, 7) is 0.0874. The number of carbonyl (C=O) groups is 1. The van der Waals surface area contributed by atoms with E-state index in [9.17, 15) is 18.0 Å². The Morgan fingerprint density at radius 1 is 1.23 bits per heavy atom. The van der Waals surface area contributed by atoms with E-state index in [-0.39, 0.29) is 36.5 Å². The van der Waals surface area contributed by atoms with Gasteiger partial charge in [-0.15, -0.1) is 10.2 Å². The molecule has 0 bridgehead atoms. The Bertz CT molecular complexity index is 713. The molecular formula is C12H9ClF3N5O. The summed E-state index contributed by atoms with van der Waals surface area (Å²) in [5.74, 6) is -1.27. The van der Waals surface area contributed by atoms with Gasteiger partial charge in [-0.05, 0) is 12.1 Å². The van der Waals surface area contributed by atoms with Gasteiger partial charge in [0.05, 0.1) is 12.1 Å². The summed E-state index contributed by atoms with van der Waals surface area (Å²) in [6, 6.07) is 2.99. The molecule has 1 aliphatic heterocycles. The standard InChI is InChI=1S/C12H9ClF3N5O/c13-8-2-1-7(5-17-8)10(22)20-3-4-21-9(6-20)18-19-11(21)12(14,15)16/h1-2,5H,3-4,6H2. The Kier molecular flexibility index (Phi) is 3.51. The molecular weight excluding hydrogens is 323 g/mol. The summed E-state index contributed by atoms with van der Waals surface area (Å²) in [5, 5.41) is 6.95. The molecule has 1 aliphatic rings. The van der Waals surface area contributed by atoms with Crippen molar-refractivity contribution in [1.82, 2.24) is 24.6 Å². The molecule has 0 aromatic carbocycles. The third-order valence-corrected chi connectivity index (χ3v) is 3.49. The Morgan fingerprint density at radius 3 is 2.64 bits per heavy atom. The van der Waals surface area contributed by atoms with Crippen LogP contribution in [-0.2, 0) is 19.3 Å². The summed E-state index contributed by atoms with van der Waals surface area (Å²) in [6.07, 6.45) is -3.23.